The molecule has 1 aromatic carbocycles. The number of thiazole rings is 1. The number of rotatable bonds is 4. The number of aryl methyl sites for hydroxylation is 1. The maximum Gasteiger partial charge on any atom is 0.251 e. The van der Waals surface area contributed by atoms with E-state index in [1.807, 2.05) is 4.90 Å². The molecule has 4 rings (SSSR count). The number of carbonyl (C=O) groups is 1. The van der Waals surface area contributed by atoms with Gasteiger partial charge in [0.2, 0.25) is 0 Å². The Labute approximate surface area is 158 Å². The van der Waals surface area contributed by atoms with E-state index in [0.717, 1.165) is 62.9 Å². The van der Waals surface area contributed by atoms with Crippen LogP contribution in [0.5, 0.6) is 0 Å². The van der Waals surface area contributed by atoms with Crippen molar-refractivity contribution in [2.75, 3.05) is 32.8 Å². The molecule has 26 heavy (non-hydrogen) atoms. The van der Waals surface area contributed by atoms with Gasteiger partial charge in [-0.25, -0.2) is 4.98 Å². The maximum atomic E-state index is 12.4. The van der Waals surface area contributed by atoms with Crippen LogP contribution >= 0.6 is 11.3 Å². The molecule has 2 aromatic rings. The number of carbonyl (C=O) groups excluding carboxylic acids is 1. The molecule has 2 saturated heterocycles. The number of hydrogen-bond donors (Lipinski definition) is 0. The largest absolute Gasteiger partial charge is 0.368 e. The molecule has 1 aromatic heterocycles. The van der Waals surface area contributed by atoms with Gasteiger partial charge in [0.25, 0.3) is 5.91 Å². The van der Waals surface area contributed by atoms with E-state index >= 15 is 0 Å². The number of nitrogens with zero attached hydrogens (tertiary/aromatic N) is 3. The first-order valence-electron chi connectivity index (χ1n) is 9.34. The molecule has 0 bridgehead atoms. The van der Waals surface area contributed by atoms with Crippen molar-refractivity contribution < 1.29 is 9.53 Å². The van der Waals surface area contributed by atoms with Gasteiger partial charge in [-0.05, 0) is 25.3 Å². The van der Waals surface area contributed by atoms with E-state index in [1.54, 1.807) is 11.3 Å². The van der Waals surface area contributed by atoms with E-state index in [0.29, 0.717) is 0 Å². The zero-order valence-electron chi connectivity index (χ0n) is 15.2. The van der Waals surface area contributed by atoms with Crippen molar-refractivity contribution in [1.82, 2.24) is 14.8 Å². The fraction of sp³-hybridized carbons (Fsp3) is 0.500. The van der Waals surface area contributed by atoms with Gasteiger partial charge in [-0.2, -0.15) is 0 Å². The summed E-state index contributed by atoms with van der Waals surface area (Å²) in [4.78, 5) is 21.6. The van der Waals surface area contributed by atoms with Gasteiger partial charge < -0.3 is 9.64 Å². The van der Waals surface area contributed by atoms with Crippen LogP contribution in [0.25, 0.3) is 10.6 Å². The van der Waals surface area contributed by atoms with Crippen LogP contribution in [0.2, 0.25) is 0 Å². The Bertz CT molecular complexity index is 762. The van der Waals surface area contributed by atoms with E-state index in [2.05, 4.69) is 41.5 Å². The van der Waals surface area contributed by atoms with E-state index < -0.39 is 0 Å². The minimum atomic E-state index is -0.197. The van der Waals surface area contributed by atoms with Gasteiger partial charge in [0.15, 0.2) is 0 Å². The average Bonchev–Trinajstić information content (AvgIpc) is 3.34. The summed E-state index contributed by atoms with van der Waals surface area (Å²) in [6.07, 6.45) is 1.68. The molecule has 0 N–H and O–H groups in total. The van der Waals surface area contributed by atoms with E-state index in [9.17, 15) is 4.79 Å². The van der Waals surface area contributed by atoms with Crippen LogP contribution in [0, 0.1) is 6.92 Å². The predicted octanol–water partition coefficient (Wildman–Crippen LogP) is 2.94. The summed E-state index contributed by atoms with van der Waals surface area (Å²) < 4.78 is 5.53. The van der Waals surface area contributed by atoms with Crippen LogP contribution in [0.1, 0.15) is 24.1 Å². The summed E-state index contributed by atoms with van der Waals surface area (Å²) in [6.45, 7) is 7.07. The van der Waals surface area contributed by atoms with Crippen molar-refractivity contribution in [3.8, 4) is 10.6 Å². The zero-order chi connectivity index (χ0) is 17.9. The molecule has 6 heteroatoms. The van der Waals surface area contributed by atoms with Gasteiger partial charge in [0, 0.05) is 50.3 Å². The van der Waals surface area contributed by atoms with E-state index in [1.165, 1.54) is 11.1 Å². The molecule has 2 fully saturated rings. The van der Waals surface area contributed by atoms with E-state index in [-0.39, 0.29) is 12.0 Å². The smallest absolute Gasteiger partial charge is 0.251 e. The van der Waals surface area contributed by atoms with Crippen LogP contribution in [0.4, 0.5) is 0 Å². The summed E-state index contributed by atoms with van der Waals surface area (Å²) in [5.41, 5.74) is 3.59. The highest BCUT2D eigenvalue weighted by molar-refractivity contribution is 7.13. The molecule has 138 valence electrons. The standard InChI is InChI=1S/C20H25N3O2S/c1-15-5-2-3-6-17(15)19-21-16(14-26-19)13-22-8-10-23(11-9-22)20(24)18-7-4-12-25-18/h2-3,5-6,14,18H,4,7-13H2,1H3/t18-/m1/s1. The molecule has 0 radical (unpaired) electrons. The predicted molar refractivity (Wildman–Crippen MR) is 103 cm³/mol. The number of aromatic nitrogens is 1. The monoisotopic (exact) mass is 371 g/mol. The van der Waals surface area contributed by atoms with Crippen molar-refractivity contribution in [2.24, 2.45) is 0 Å². The lowest BCUT2D eigenvalue weighted by Gasteiger charge is -2.35. The van der Waals surface area contributed by atoms with Crippen LogP contribution in [0.3, 0.4) is 0 Å². The van der Waals surface area contributed by atoms with Crippen molar-refractivity contribution in [3.05, 3.63) is 40.9 Å². The second kappa shape index (κ2) is 7.86. The summed E-state index contributed by atoms with van der Waals surface area (Å²) >= 11 is 1.71. The Balaban J connectivity index is 1.32. The summed E-state index contributed by atoms with van der Waals surface area (Å²) in [6, 6.07) is 8.38. The van der Waals surface area contributed by atoms with Crippen molar-refractivity contribution in [2.45, 2.75) is 32.4 Å². The first-order chi connectivity index (χ1) is 12.7. The second-order valence-electron chi connectivity index (χ2n) is 7.06. The average molecular weight is 372 g/mol. The third-order valence-corrected chi connectivity index (χ3v) is 6.13. The van der Waals surface area contributed by atoms with Crippen LogP contribution in [-0.2, 0) is 16.1 Å². The number of ether oxygens (including phenoxy) is 1. The zero-order valence-corrected chi connectivity index (χ0v) is 16.0. The van der Waals surface area contributed by atoms with Gasteiger partial charge in [-0.3, -0.25) is 9.69 Å². The Morgan fingerprint density at radius 2 is 2.08 bits per heavy atom. The van der Waals surface area contributed by atoms with Crippen LogP contribution < -0.4 is 0 Å². The highest BCUT2D eigenvalue weighted by atomic mass is 32.1. The molecule has 0 unspecified atom stereocenters. The van der Waals surface area contributed by atoms with Crippen LogP contribution in [-0.4, -0.2) is 59.6 Å². The normalized spacial score (nSPS) is 21.3. The fourth-order valence-corrected chi connectivity index (χ4v) is 4.55. The number of amides is 1. The molecule has 5 nitrogen and oxygen atoms in total. The number of piperazine rings is 1. The minimum Gasteiger partial charge on any atom is -0.368 e. The highest BCUT2D eigenvalue weighted by Gasteiger charge is 2.30. The third-order valence-electron chi connectivity index (χ3n) is 5.20. The Morgan fingerprint density at radius 1 is 1.27 bits per heavy atom. The molecule has 0 spiro atoms. The first kappa shape index (κ1) is 17.6. The molecular weight excluding hydrogens is 346 g/mol. The number of hydrogen-bond acceptors (Lipinski definition) is 5. The lowest BCUT2D eigenvalue weighted by molar-refractivity contribution is -0.142. The molecule has 0 saturated carbocycles. The number of benzene rings is 1. The first-order valence-corrected chi connectivity index (χ1v) is 10.2. The fourth-order valence-electron chi connectivity index (χ4n) is 3.65. The Kier molecular flexibility index (Phi) is 5.33. The van der Waals surface area contributed by atoms with Crippen molar-refractivity contribution in [3.63, 3.8) is 0 Å². The van der Waals surface area contributed by atoms with E-state index in [4.69, 9.17) is 9.72 Å². The Hall–Kier alpha value is -1.76. The molecule has 2 aliphatic heterocycles. The molecule has 3 heterocycles. The quantitative estimate of drug-likeness (QED) is 0.829. The van der Waals surface area contributed by atoms with Gasteiger partial charge in [0.05, 0.1) is 5.69 Å². The second-order valence-corrected chi connectivity index (χ2v) is 7.92. The molecule has 1 atom stereocenters. The van der Waals surface area contributed by atoms with Crippen LogP contribution in [0.15, 0.2) is 29.6 Å². The summed E-state index contributed by atoms with van der Waals surface area (Å²) in [5, 5.41) is 3.25. The molecule has 2 aliphatic rings. The lowest BCUT2D eigenvalue weighted by Crippen LogP contribution is -2.51. The molecular formula is C20H25N3O2S. The summed E-state index contributed by atoms with van der Waals surface area (Å²) in [5.74, 6) is 0.178. The molecule has 1 amide bonds. The van der Waals surface area contributed by atoms with Crippen molar-refractivity contribution in [1.29, 1.82) is 0 Å². The van der Waals surface area contributed by atoms with Gasteiger partial charge in [-0.15, -0.1) is 11.3 Å². The molecule has 0 aliphatic carbocycles. The lowest BCUT2D eigenvalue weighted by atomic mass is 10.1. The maximum absolute atomic E-state index is 12.4. The van der Waals surface area contributed by atoms with Crippen molar-refractivity contribution >= 4 is 17.2 Å². The SMILES string of the molecule is Cc1ccccc1-c1nc(CN2CCN(C(=O)[C@H]3CCCO3)CC2)cs1. The third kappa shape index (κ3) is 3.82. The topological polar surface area (TPSA) is 45.7 Å². The Morgan fingerprint density at radius 3 is 2.81 bits per heavy atom. The summed E-state index contributed by atoms with van der Waals surface area (Å²) in [7, 11) is 0. The highest BCUT2D eigenvalue weighted by Crippen LogP contribution is 2.27. The minimum absolute atomic E-state index is 0.178. The van der Waals surface area contributed by atoms with Gasteiger partial charge >= 0.3 is 0 Å². The van der Waals surface area contributed by atoms with Gasteiger partial charge in [0.1, 0.15) is 11.1 Å². The van der Waals surface area contributed by atoms with Gasteiger partial charge in [-0.1, -0.05) is 24.3 Å².